The van der Waals surface area contributed by atoms with Crippen LogP contribution in [0.5, 0.6) is 0 Å². The molecule has 2 aromatic rings. The van der Waals surface area contributed by atoms with Gasteiger partial charge in [0, 0.05) is 38.3 Å². The van der Waals surface area contributed by atoms with Gasteiger partial charge < -0.3 is 10.2 Å². The molecular weight excluding hydrogens is 280 g/mol. The first-order valence-corrected chi connectivity index (χ1v) is 7.86. The van der Waals surface area contributed by atoms with Gasteiger partial charge in [0.05, 0.1) is 0 Å². The average Bonchev–Trinajstić information content (AvgIpc) is 3.00. The summed E-state index contributed by atoms with van der Waals surface area (Å²) in [5.74, 6) is 2.20. The highest BCUT2D eigenvalue weighted by Crippen LogP contribution is 2.23. The molecule has 7 nitrogen and oxygen atoms in total. The van der Waals surface area contributed by atoms with Crippen molar-refractivity contribution in [2.24, 2.45) is 5.92 Å². The van der Waals surface area contributed by atoms with Crippen LogP contribution < -0.4 is 10.2 Å². The van der Waals surface area contributed by atoms with Crippen molar-refractivity contribution in [3.8, 4) is 0 Å². The lowest BCUT2D eigenvalue weighted by Gasteiger charge is -2.34. The van der Waals surface area contributed by atoms with E-state index in [9.17, 15) is 4.79 Å². The fourth-order valence-electron chi connectivity index (χ4n) is 2.98. The van der Waals surface area contributed by atoms with Gasteiger partial charge in [0.1, 0.15) is 12.1 Å². The lowest BCUT2D eigenvalue weighted by atomic mass is 9.98. The van der Waals surface area contributed by atoms with Gasteiger partial charge in [-0.1, -0.05) is 6.92 Å². The molecule has 22 heavy (non-hydrogen) atoms. The maximum absolute atomic E-state index is 11.1. The lowest BCUT2D eigenvalue weighted by Crippen LogP contribution is -2.41. The number of rotatable bonds is 4. The molecule has 0 saturated carbocycles. The van der Waals surface area contributed by atoms with E-state index in [1.54, 1.807) is 17.8 Å². The van der Waals surface area contributed by atoms with Crippen LogP contribution in [0.4, 0.5) is 5.82 Å². The number of anilines is 1. The molecule has 1 aliphatic rings. The van der Waals surface area contributed by atoms with Crippen molar-refractivity contribution in [2.75, 3.05) is 24.5 Å². The maximum atomic E-state index is 11.1. The van der Waals surface area contributed by atoms with E-state index in [-0.39, 0.29) is 5.91 Å². The summed E-state index contributed by atoms with van der Waals surface area (Å²) in [4.78, 5) is 22.1. The predicted octanol–water partition coefficient (Wildman–Crippen LogP) is 1.04. The number of hydrogen-bond acceptors (Lipinski definition) is 5. The van der Waals surface area contributed by atoms with Crippen molar-refractivity contribution < 1.29 is 4.79 Å². The zero-order chi connectivity index (χ0) is 15.5. The highest BCUT2D eigenvalue weighted by atomic mass is 16.1. The number of aryl methyl sites for hydroxylation is 1. The molecule has 1 unspecified atom stereocenters. The summed E-state index contributed by atoms with van der Waals surface area (Å²) in [5.41, 5.74) is 1.03. The average molecular weight is 302 g/mol. The van der Waals surface area contributed by atoms with Gasteiger partial charge >= 0.3 is 0 Å². The van der Waals surface area contributed by atoms with Gasteiger partial charge in [-0.05, 0) is 25.2 Å². The van der Waals surface area contributed by atoms with E-state index in [1.165, 1.54) is 0 Å². The Morgan fingerprint density at radius 2 is 2.36 bits per heavy atom. The normalized spacial score (nSPS) is 18.6. The minimum Gasteiger partial charge on any atom is -0.356 e. The smallest absolute Gasteiger partial charge is 0.254 e. The summed E-state index contributed by atoms with van der Waals surface area (Å²) < 4.78 is 1.81. The summed E-state index contributed by atoms with van der Waals surface area (Å²) in [7, 11) is 0. The van der Waals surface area contributed by atoms with Gasteiger partial charge in [0.25, 0.3) is 5.78 Å². The zero-order valence-electron chi connectivity index (χ0n) is 13.1. The van der Waals surface area contributed by atoms with E-state index >= 15 is 0 Å². The molecular formula is C15H22N6O. The van der Waals surface area contributed by atoms with Gasteiger partial charge in [-0.3, -0.25) is 4.79 Å². The number of aromatic nitrogens is 4. The first kappa shape index (κ1) is 14.7. The Labute approximate surface area is 129 Å². The summed E-state index contributed by atoms with van der Waals surface area (Å²) in [6.07, 6.45) is 4.68. The Bertz CT molecular complexity index is 667. The van der Waals surface area contributed by atoms with Crippen LogP contribution >= 0.6 is 0 Å². The number of carbonyl (C=O) groups excluding carboxylic acids is 1. The van der Waals surface area contributed by atoms with Crippen LogP contribution in [-0.4, -0.2) is 45.1 Å². The first-order valence-electron chi connectivity index (χ1n) is 7.86. The second kappa shape index (κ2) is 6.29. The highest BCUT2D eigenvalue weighted by Gasteiger charge is 2.23. The molecule has 7 heteroatoms. The molecule has 1 N–H and O–H groups in total. The molecule has 0 aliphatic carbocycles. The van der Waals surface area contributed by atoms with Crippen LogP contribution in [0.3, 0.4) is 0 Å². The SMILES string of the molecule is CCc1cc(N2CCCC(CNC(C)=O)C2)n2ncnc2n1. The van der Waals surface area contributed by atoms with Gasteiger partial charge in [-0.2, -0.15) is 14.6 Å². The van der Waals surface area contributed by atoms with E-state index in [1.807, 2.05) is 0 Å². The molecule has 0 spiro atoms. The lowest BCUT2D eigenvalue weighted by molar-refractivity contribution is -0.119. The molecule has 1 saturated heterocycles. The molecule has 1 atom stereocenters. The van der Waals surface area contributed by atoms with Crippen molar-refractivity contribution >= 4 is 17.5 Å². The van der Waals surface area contributed by atoms with Crippen molar-refractivity contribution in [3.63, 3.8) is 0 Å². The van der Waals surface area contributed by atoms with Crippen LogP contribution in [0.1, 0.15) is 32.4 Å². The van der Waals surface area contributed by atoms with Gasteiger partial charge in [-0.25, -0.2) is 4.98 Å². The Morgan fingerprint density at radius 1 is 1.50 bits per heavy atom. The minimum absolute atomic E-state index is 0.0352. The van der Waals surface area contributed by atoms with Gasteiger partial charge in [-0.15, -0.1) is 0 Å². The van der Waals surface area contributed by atoms with Crippen LogP contribution in [-0.2, 0) is 11.2 Å². The Balaban J connectivity index is 1.83. The van der Waals surface area contributed by atoms with E-state index < -0.39 is 0 Å². The topological polar surface area (TPSA) is 75.4 Å². The fraction of sp³-hybridized carbons (Fsp3) is 0.600. The van der Waals surface area contributed by atoms with E-state index in [2.05, 4.69) is 38.3 Å². The zero-order valence-corrected chi connectivity index (χ0v) is 13.1. The summed E-state index contributed by atoms with van der Waals surface area (Å²) in [6.45, 7) is 6.31. The molecule has 2 aromatic heterocycles. The molecule has 0 aromatic carbocycles. The second-order valence-corrected chi connectivity index (χ2v) is 5.82. The Hall–Kier alpha value is -2.18. The minimum atomic E-state index is 0.0352. The van der Waals surface area contributed by atoms with Crippen molar-refractivity contribution in [1.29, 1.82) is 0 Å². The number of fused-ring (bicyclic) bond motifs is 1. The number of amides is 1. The number of hydrogen-bond donors (Lipinski definition) is 1. The van der Waals surface area contributed by atoms with Crippen molar-refractivity contribution in [2.45, 2.75) is 33.1 Å². The molecule has 0 bridgehead atoms. The summed E-state index contributed by atoms with van der Waals surface area (Å²) >= 11 is 0. The third-order valence-corrected chi connectivity index (χ3v) is 4.13. The molecule has 3 rings (SSSR count). The third kappa shape index (κ3) is 3.03. The summed E-state index contributed by atoms with van der Waals surface area (Å²) in [6, 6.07) is 2.10. The van der Waals surface area contributed by atoms with Gasteiger partial charge in [0.15, 0.2) is 0 Å². The number of piperidine rings is 1. The predicted molar refractivity (Wildman–Crippen MR) is 83.8 cm³/mol. The van der Waals surface area contributed by atoms with E-state index in [0.717, 1.165) is 50.4 Å². The Kier molecular flexibility index (Phi) is 4.22. The molecule has 118 valence electrons. The Morgan fingerprint density at radius 3 is 3.14 bits per heavy atom. The van der Waals surface area contributed by atoms with E-state index in [0.29, 0.717) is 11.7 Å². The van der Waals surface area contributed by atoms with Crippen LogP contribution in [0, 0.1) is 5.92 Å². The quantitative estimate of drug-likeness (QED) is 0.913. The largest absolute Gasteiger partial charge is 0.356 e. The molecule has 3 heterocycles. The number of carbonyl (C=O) groups is 1. The monoisotopic (exact) mass is 302 g/mol. The second-order valence-electron chi connectivity index (χ2n) is 5.82. The molecule has 1 amide bonds. The van der Waals surface area contributed by atoms with Crippen LogP contribution in [0.2, 0.25) is 0 Å². The fourth-order valence-corrected chi connectivity index (χ4v) is 2.98. The summed E-state index contributed by atoms with van der Waals surface area (Å²) in [5, 5.41) is 7.23. The van der Waals surface area contributed by atoms with Crippen LogP contribution in [0.25, 0.3) is 5.78 Å². The highest BCUT2D eigenvalue weighted by molar-refractivity contribution is 5.72. The standard InChI is InChI=1S/C15H22N6O/c1-3-13-7-14(21-15(19-13)17-10-18-21)20-6-4-5-12(9-20)8-16-11(2)22/h7,10,12H,3-6,8-9H2,1-2H3,(H,16,22). The van der Waals surface area contributed by atoms with Gasteiger partial charge in [0.2, 0.25) is 5.91 Å². The van der Waals surface area contributed by atoms with Crippen molar-refractivity contribution in [3.05, 3.63) is 18.1 Å². The third-order valence-electron chi connectivity index (χ3n) is 4.13. The first-order chi connectivity index (χ1) is 10.7. The number of nitrogens with zero attached hydrogens (tertiary/aromatic N) is 5. The molecule has 1 fully saturated rings. The van der Waals surface area contributed by atoms with Crippen molar-refractivity contribution in [1.82, 2.24) is 24.9 Å². The van der Waals surface area contributed by atoms with E-state index in [4.69, 9.17) is 0 Å². The molecule has 0 radical (unpaired) electrons. The molecule has 1 aliphatic heterocycles. The number of nitrogens with one attached hydrogen (secondary N) is 1. The van der Waals surface area contributed by atoms with Crippen LogP contribution in [0.15, 0.2) is 12.4 Å². The maximum Gasteiger partial charge on any atom is 0.254 e.